The second-order valence-corrected chi connectivity index (χ2v) is 42.3. The summed E-state index contributed by atoms with van der Waals surface area (Å²) >= 11 is 0. The van der Waals surface area contributed by atoms with Crippen LogP contribution in [0.15, 0.2) is 328 Å². The van der Waals surface area contributed by atoms with Crippen molar-refractivity contribution in [1.29, 1.82) is 0 Å². The van der Waals surface area contributed by atoms with Gasteiger partial charge in [0, 0.05) is 35.4 Å². The molecule has 2 aromatic heterocycles. The Kier molecular flexibility index (Phi) is 32.3. The Labute approximate surface area is 711 Å². The number of pyridine rings is 2. The van der Waals surface area contributed by atoms with E-state index in [1.165, 1.54) is 65.2 Å². The SMILES string of the molecule is F[P-](F)(F)(F)(F)F.F[P-](F)(F)(F)(F)F.F[P-](F)(F)(F)(F)F.F[P-](F)(F)(F)(F)F.c1ccc([P+](Cc2ccc(C[n+]3ccc(-c4cc[n+](Cc5ccc(C[P+](c6ccccc6)(c6ccccc6)c6ccccc6)cc5)cc4)cc3)cc2)(c2ccccc2)c2ccccc2)cc1.c1ccc2c(c1)OCCOCCOCCOc1ccccc1OCCOCCOCCO2. The predicted octanol–water partition coefficient (Wildman–Crippen LogP) is 27.5. The van der Waals surface area contributed by atoms with Crippen LogP contribution in [0.4, 0.5) is 101 Å². The Morgan fingerprint density at radius 3 is 0.540 bits per heavy atom. The summed E-state index contributed by atoms with van der Waals surface area (Å²) in [5.41, 5.74) is 7.72. The molecule has 13 rings (SSSR count). The van der Waals surface area contributed by atoms with Gasteiger partial charge in [-0.1, -0.05) is 182 Å². The summed E-state index contributed by atoms with van der Waals surface area (Å²) in [7, 11) is -46.5. The van der Waals surface area contributed by atoms with Gasteiger partial charge in [0.05, 0.1) is 65.2 Å². The van der Waals surface area contributed by atoms with E-state index in [9.17, 15) is 101 Å². The van der Waals surface area contributed by atoms with Gasteiger partial charge >= 0.3 is 132 Å². The van der Waals surface area contributed by atoms with Crippen molar-refractivity contribution >= 4 is 77.6 Å². The van der Waals surface area contributed by atoms with Gasteiger partial charge in [0.2, 0.25) is 0 Å². The first-order valence-electron chi connectivity index (χ1n) is 37.9. The molecule has 1 aliphatic rings. The first-order chi connectivity index (χ1) is 58.4. The van der Waals surface area contributed by atoms with E-state index >= 15 is 0 Å². The summed E-state index contributed by atoms with van der Waals surface area (Å²) in [6.45, 7) is 7.11. The predicted molar refractivity (Wildman–Crippen MR) is 453 cm³/mol. The van der Waals surface area contributed by atoms with Crippen molar-refractivity contribution in [1.82, 2.24) is 0 Å². The molecule has 0 unspecified atom stereocenters. The normalized spacial score (nSPS) is 15.8. The molecule has 40 heteroatoms. The molecule has 0 N–H and O–H groups in total. The number of para-hydroxylation sites is 4. The van der Waals surface area contributed by atoms with Crippen molar-refractivity contribution in [3.63, 3.8) is 0 Å². The van der Waals surface area contributed by atoms with Crippen molar-refractivity contribution in [3.05, 3.63) is 350 Å². The summed E-state index contributed by atoms with van der Waals surface area (Å²) in [5, 5.41) is 8.45. The fourth-order valence-corrected chi connectivity index (χ4v) is 20.9. The van der Waals surface area contributed by atoms with Crippen LogP contribution in [0.1, 0.15) is 22.3 Å². The van der Waals surface area contributed by atoms with E-state index in [1.807, 2.05) is 48.5 Å². The van der Waals surface area contributed by atoms with E-state index in [0.717, 1.165) is 25.4 Å². The van der Waals surface area contributed by atoms with Crippen molar-refractivity contribution in [3.8, 4) is 34.1 Å². The second kappa shape index (κ2) is 40.0. The minimum atomic E-state index is -10.7. The Hall–Kier alpha value is -9.56. The quantitative estimate of drug-likeness (QED) is 0.0570. The van der Waals surface area contributed by atoms with Gasteiger partial charge in [0.25, 0.3) is 0 Å². The molecule has 0 fully saturated rings. The molecule has 0 radical (unpaired) electrons. The summed E-state index contributed by atoms with van der Waals surface area (Å²) in [6.07, 6.45) is 10.7. The molecule has 10 aromatic carbocycles. The number of aromatic nitrogens is 2. The average Bonchev–Trinajstić information content (AvgIpc) is 0.743. The smallest absolute Gasteiger partial charge is 0.173 e. The third kappa shape index (κ3) is 43.3. The molecule has 1 aliphatic heterocycles. The number of rotatable bonds is 15. The van der Waals surface area contributed by atoms with Crippen molar-refractivity contribution < 1.29 is 148 Å². The molecule has 0 amide bonds. The molecule has 686 valence electrons. The molecule has 0 saturated carbocycles. The minimum absolute atomic E-state index is 0.425. The molecule has 10 nitrogen and oxygen atoms in total. The maximum absolute atomic E-state index is 10.7. The first-order valence-corrected chi connectivity index (χ1v) is 50.0. The Bertz CT molecular complexity index is 4640. The number of nitrogens with zero attached hydrogens (tertiary/aromatic N) is 2. The average molecular weight is 1920 g/mol. The number of halogens is 24. The topological polar surface area (TPSA) is 81.6 Å². The van der Waals surface area contributed by atoms with Crippen molar-refractivity contribution in [2.45, 2.75) is 25.4 Å². The standard InChI is InChI=1S/C62H54N2P2.C24H32O8.4F6P/c1-7-19-57(20-8-1)65(58-21-9-2-10-22-58,59-23-11-3-12-24-59)49-53-35-31-51(32-36-53)47-63-43-39-55(40-44-63)56-41-45-64(46-42-56)48-52-33-37-54(38-34-52)50-66(60-25-13-4-14-26-60,61-27-15-5-16-28-61)62-29-17-6-18-30-62;1-2-6-22-21(5-1)29-17-13-25-9-10-27-15-19-31-23-7-3-4-8-24(23)32-20-16-28-12-11-26-14-18-30-22;4*1-7(2,3,4,5)6/h1-46H,47-50H2;1-8H,9-20H2;;;;/q+4;;4*-1. The maximum Gasteiger partial charge on any atom is 0.173 e. The fourth-order valence-electron chi connectivity index (χ4n) is 12.4. The van der Waals surface area contributed by atoms with E-state index in [1.54, 1.807) is 0 Å². The maximum atomic E-state index is 9.87. The molecule has 126 heavy (non-hydrogen) atoms. The summed E-state index contributed by atoms with van der Waals surface area (Å²) in [6, 6.07) is 110. The van der Waals surface area contributed by atoms with Gasteiger partial charge in [-0.2, -0.15) is 0 Å². The van der Waals surface area contributed by atoms with Crippen LogP contribution in [0.25, 0.3) is 11.1 Å². The molecule has 3 heterocycles. The van der Waals surface area contributed by atoms with Gasteiger partial charge in [0.15, 0.2) is 60.9 Å². The summed E-state index contributed by atoms with van der Waals surface area (Å²) in [5.74, 6) is 2.73. The molecule has 0 bridgehead atoms. The van der Waals surface area contributed by atoms with Gasteiger partial charge in [-0.15, -0.1) is 0 Å². The van der Waals surface area contributed by atoms with Gasteiger partial charge < -0.3 is 37.9 Å². The molecular weight excluding hydrogens is 1830 g/mol. The molecular formula is C86H86F24N2O8P6. The molecule has 12 aromatic rings. The zero-order chi connectivity index (χ0) is 92.2. The summed E-state index contributed by atoms with van der Waals surface area (Å²) in [4.78, 5) is 0. The van der Waals surface area contributed by atoms with Crippen LogP contribution in [-0.4, -0.2) is 79.3 Å². The zero-order valence-corrected chi connectivity index (χ0v) is 71.8. The summed E-state index contributed by atoms with van der Waals surface area (Å²) < 4.78 is 287. The number of benzene rings is 10. The minimum Gasteiger partial charge on any atom is -0.487 e. The first kappa shape index (κ1) is 102. The Morgan fingerprint density at radius 2 is 0.357 bits per heavy atom. The molecule has 0 atom stereocenters. The van der Waals surface area contributed by atoms with E-state index in [2.05, 4.69) is 289 Å². The number of ether oxygens (including phenoxy) is 8. The molecule has 0 spiro atoms. The van der Waals surface area contributed by atoms with E-state index in [4.69, 9.17) is 37.9 Å². The molecule has 0 aliphatic carbocycles. The van der Waals surface area contributed by atoms with Crippen molar-refractivity contribution in [2.75, 3.05) is 79.3 Å². The van der Waals surface area contributed by atoms with Crippen LogP contribution in [0.3, 0.4) is 0 Å². The second-order valence-electron chi connectivity index (χ2n) is 27.7. The van der Waals surface area contributed by atoms with Gasteiger partial charge in [-0.25, -0.2) is 9.13 Å². The number of hydrogen-bond acceptors (Lipinski definition) is 8. The van der Waals surface area contributed by atoms with Crippen LogP contribution < -0.4 is 59.9 Å². The molecule has 0 saturated heterocycles. The number of fused-ring (bicyclic) bond motifs is 2. The number of hydrogen-bond donors (Lipinski definition) is 0. The van der Waals surface area contributed by atoms with E-state index in [-0.39, 0.29) is 0 Å². The van der Waals surface area contributed by atoms with Crippen LogP contribution in [0, 0.1) is 0 Å². The van der Waals surface area contributed by atoms with E-state index in [0.29, 0.717) is 102 Å². The van der Waals surface area contributed by atoms with Crippen LogP contribution in [-0.2, 0) is 44.4 Å². The third-order valence-electron chi connectivity index (χ3n) is 17.3. The van der Waals surface area contributed by atoms with Gasteiger partial charge in [0.1, 0.15) is 72.8 Å². The van der Waals surface area contributed by atoms with Crippen molar-refractivity contribution in [2.24, 2.45) is 0 Å². The monoisotopic (exact) mass is 1920 g/mol. The zero-order valence-electron chi connectivity index (χ0n) is 66.4. The van der Waals surface area contributed by atoms with Gasteiger partial charge in [-0.05, 0) is 119 Å². The van der Waals surface area contributed by atoms with Crippen LogP contribution >= 0.6 is 45.8 Å². The van der Waals surface area contributed by atoms with Crippen LogP contribution in [0.2, 0.25) is 0 Å². The Morgan fingerprint density at radius 1 is 0.198 bits per heavy atom. The van der Waals surface area contributed by atoms with Crippen LogP contribution in [0.5, 0.6) is 23.0 Å². The largest absolute Gasteiger partial charge is 0.487 e. The van der Waals surface area contributed by atoms with Gasteiger partial charge in [-0.3, -0.25) is 0 Å². The Balaban J connectivity index is 0.000000268. The van der Waals surface area contributed by atoms with E-state index < -0.39 is 45.8 Å². The third-order valence-corrected chi connectivity index (χ3v) is 26.1. The fraction of sp³-hybridized carbons (Fsp3) is 0.186.